The highest BCUT2D eigenvalue weighted by molar-refractivity contribution is 9.10. The second-order valence-electron chi connectivity index (χ2n) is 4.88. The van der Waals surface area contributed by atoms with E-state index < -0.39 is 0 Å². The first kappa shape index (κ1) is 14.0. The van der Waals surface area contributed by atoms with Gasteiger partial charge in [-0.1, -0.05) is 28.1 Å². The van der Waals surface area contributed by atoms with Crippen LogP contribution in [0, 0.1) is 6.92 Å². The average molecular weight is 346 g/mol. The van der Waals surface area contributed by atoms with Crippen LogP contribution in [0.25, 0.3) is 22.0 Å². The third-order valence-electron chi connectivity index (χ3n) is 3.61. The number of methoxy groups -OCH3 is 2. The number of hydrogen-bond acceptors (Lipinski definition) is 2. The molecule has 1 N–H and O–H groups in total. The zero-order chi connectivity index (χ0) is 15.0. The van der Waals surface area contributed by atoms with Gasteiger partial charge in [-0.05, 0) is 24.6 Å². The minimum atomic E-state index is 0.781. The van der Waals surface area contributed by atoms with E-state index in [1.54, 1.807) is 14.2 Å². The van der Waals surface area contributed by atoms with Crippen molar-refractivity contribution in [2.75, 3.05) is 14.2 Å². The average Bonchev–Trinajstić information content (AvgIpc) is 2.83. The number of halogens is 1. The Morgan fingerprint density at radius 2 is 1.71 bits per heavy atom. The highest BCUT2D eigenvalue weighted by Gasteiger charge is 2.16. The lowest BCUT2D eigenvalue weighted by molar-refractivity contribution is 0.398. The van der Waals surface area contributed by atoms with Gasteiger partial charge in [0.2, 0.25) is 0 Å². The molecule has 0 amide bonds. The third-order valence-corrected chi connectivity index (χ3v) is 4.14. The summed E-state index contributed by atoms with van der Waals surface area (Å²) in [5.74, 6) is 1.59. The van der Waals surface area contributed by atoms with Crippen molar-refractivity contribution < 1.29 is 9.47 Å². The van der Waals surface area contributed by atoms with Crippen molar-refractivity contribution in [3.8, 4) is 22.6 Å². The van der Waals surface area contributed by atoms with Crippen LogP contribution in [0.1, 0.15) is 5.69 Å². The molecular formula is C17H16BrNO2. The van der Waals surface area contributed by atoms with Gasteiger partial charge in [0.15, 0.2) is 0 Å². The topological polar surface area (TPSA) is 34.2 Å². The molecule has 3 aromatic rings. The van der Waals surface area contributed by atoms with E-state index in [1.807, 2.05) is 24.3 Å². The standard InChI is InChI=1S/C17H16BrNO2/c1-10-16(11-4-6-12(18)7-5-11)17-14(19-10)8-13(20-2)9-15(17)21-3/h4-9,19H,1-3H3. The van der Waals surface area contributed by atoms with Crippen molar-refractivity contribution in [1.29, 1.82) is 0 Å². The highest BCUT2D eigenvalue weighted by atomic mass is 79.9. The number of aryl methyl sites for hydroxylation is 1. The molecule has 0 fully saturated rings. The van der Waals surface area contributed by atoms with Gasteiger partial charge in [-0.2, -0.15) is 0 Å². The molecule has 0 aliphatic carbocycles. The van der Waals surface area contributed by atoms with Gasteiger partial charge >= 0.3 is 0 Å². The Morgan fingerprint density at radius 3 is 2.33 bits per heavy atom. The normalized spacial score (nSPS) is 10.9. The van der Waals surface area contributed by atoms with Crippen LogP contribution >= 0.6 is 15.9 Å². The lowest BCUT2D eigenvalue weighted by atomic mass is 10.0. The molecule has 3 rings (SSSR count). The fourth-order valence-electron chi connectivity index (χ4n) is 2.65. The fraction of sp³-hybridized carbons (Fsp3) is 0.176. The largest absolute Gasteiger partial charge is 0.497 e. The Kier molecular flexibility index (Phi) is 3.64. The predicted molar refractivity (Wildman–Crippen MR) is 89.3 cm³/mol. The van der Waals surface area contributed by atoms with Crippen molar-refractivity contribution in [3.63, 3.8) is 0 Å². The Labute approximate surface area is 132 Å². The highest BCUT2D eigenvalue weighted by Crippen LogP contribution is 2.40. The van der Waals surface area contributed by atoms with Crippen molar-refractivity contribution in [1.82, 2.24) is 4.98 Å². The van der Waals surface area contributed by atoms with Crippen LogP contribution in [0.3, 0.4) is 0 Å². The van der Waals surface area contributed by atoms with E-state index >= 15 is 0 Å². The Morgan fingerprint density at radius 1 is 1.00 bits per heavy atom. The molecule has 108 valence electrons. The Balaban J connectivity index is 2.32. The summed E-state index contributed by atoms with van der Waals surface area (Å²) in [5, 5.41) is 1.08. The molecule has 1 aromatic heterocycles. The second-order valence-corrected chi connectivity index (χ2v) is 5.80. The van der Waals surface area contributed by atoms with E-state index in [0.717, 1.165) is 43.7 Å². The van der Waals surface area contributed by atoms with Crippen LogP contribution in [-0.4, -0.2) is 19.2 Å². The molecule has 0 saturated carbocycles. The maximum atomic E-state index is 5.56. The minimum absolute atomic E-state index is 0.781. The number of benzene rings is 2. The van der Waals surface area contributed by atoms with Gasteiger partial charge in [-0.25, -0.2) is 0 Å². The van der Waals surface area contributed by atoms with Gasteiger partial charge in [-0.15, -0.1) is 0 Å². The summed E-state index contributed by atoms with van der Waals surface area (Å²) >= 11 is 3.47. The smallest absolute Gasteiger partial charge is 0.132 e. The molecule has 21 heavy (non-hydrogen) atoms. The van der Waals surface area contributed by atoms with Gasteiger partial charge in [0.1, 0.15) is 11.5 Å². The second kappa shape index (κ2) is 5.45. The van der Waals surface area contributed by atoms with E-state index in [1.165, 1.54) is 0 Å². The van der Waals surface area contributed by atoms with E-state index in [0.29, 0.717) is 0 Å². The van der Waals surface area contributed by atoms with Crippen LogP contribution in [0.5, 0.6) is 11.5 Å². The van der Waals surface area contributed by atoms with Crippen LogP contribution in [0.4, 0.5) is 0 Å². The molecule has 0 saturated heterocycles. The number of aromatic amines is 1. The summed E-state index contributed by atoms with van der Waals surface area (Å²) in [7, 11) is 3.34. The van der Waals surface area contributed by atoms with E-state index in [4.69, 9.17) is 9.47 Å². The van der Waals surface area contributed by atoms with Crippen molar-refractivity contribution in [3.05, 3.63) is 46.6 Å². The van der Waals surface area contributed by atoms with E-state index in [9.17, 15) is 0 Å². The van der Waals surface area contributed by atoms with E-state index in [2.05, 4.69) is 40.0 Å². The zero-order valence-electron chi connectivity index (χ0n) is 12.2. The molecule has 1 heterocycles. The van der Waals surface area contributed by atoms with Crippen molar-refractivity contribution in [2.45, 2.75) is 6.92 Å². The maximum absolute atomic E-state index is 5.56. The molecule has 4 heteroatoms. The molecule has 0 bridgehead atoms. The van der Waals surface area contributed by atoms with Crippen LogP contribution in [0.2, 0.25) is 0 Å². The lowest BCUT2D eigenvalue weighted by Gasteiger charge is -2.08. The van der Waals surface area contributed by atoms with Crippen LogP contribution in [-0.2, 0) is 0 Å². The first-order valence-corrected chi connectivity index (χ1v) is 7.43. The Bertz CT molecular complexity index is 791. The molecule has 0 aliphatic heterocycles. The summed E-state index contributed by atoms with van der Waals surface area (Å²) < 4.78 is 12.0. The number of fused-ring (bicyclic) bond motifs is 1. The molecule has 0 aliphatic rings. The Hall–Kier alpha value is -1.94. The van der Waals surface area contributed by atoms with Gasteiger partial charge in [0.05, 0.1) is 19.7 Å². The van der Waals surface area contributed by atoms with Gasteiger partial charge in [-0.3, -0.25) is 0 Å². The van der Waals surface area contributed by atoms with Gasteiger partial charge < -0.3 is 14.5 Å². The first-order chi connectivity index (χ1) is 10.1. The molecule has 3 nitrogen and oxygen atoms in total. The van der Waals surface area contributed by atoms with Crippen LogP contribution in [0.15, 0.2) is 40.9 Å². The van der Waals surface area contributed by atoms with Crippen molar-refractivity contribution >= 4 is 26.8 Å². The fourth-order valence-corrected chi connectivity index (χ4v) is 2.92. The summed E-state index contributed by atoms with van der Waals surface area (Å²) in [6, 6.07) is 12.2. The summed E-state index contributed by atoms with van der Waals surface area (Å²) in [5.41, 5.74) is 4.45. The van der Waals surface area contributed by atoms with Crippen LogP contribution < -0.4 is 9.47 Å². The SMILES string of the molecule is COc1cc(OC)c2c(-c3ccc(Br)cc3)c(C)[nH]c2c1. The molecule has 0 atom stereocenters. The zero-order valence-corrected chi connectivity index (χ0v) is 13.7. The van der Waals surface area contributed by atoms with Crippen molar-refractivity contribution in [2.24, 2.45) is 0 Å². The third kappa shape index (κ3) is 2.40. The maximum Gasteiger partial charge on any atom is 0.132 e. The lowest BCUT2D eigenvalue weighted by Crippen LogP contribution is -1.88. The summed E-state index contributed by atoms with van der Waals surface area (Å²) in [6.07, 6.45) is 0. The molecule has 0 unspecified atom stereocenters. The molecule has 0 radical (unpaired) electrons. The number of rotatable bonds is 3. The number of hydrogen-bond donors (Lipinski definition) is 1. The summed E-state index contributed by atoms with van der Waals surface area (Å²) in [4.78, 5) is 3.42. The molecule has 0 spiro atoms. The van der Waals surface area contributed by atoms with Gasteiger partial charge in [0, 0.05) is 33.2 Å². The molecule has 2 aromatic carbocycles. The first-order valence-electron chi connectivity index (χ1n) is 6.64. The quantitative estimate of drug-likeness (QED) is 0.730. The predicted octanol–water partition coefficient (Wildman–Crippen LogP) is 4.92. The number of ether oxygens (including phenoxy) is 2. The number of aromatic nitrogens is 1. The summed E-state index contributed by atoms with van der Waals surface area (Å²) in [6.45, 7) is 2.07. The monoisotopic (exact) mass is 345 g/mol. The number of nitrogens with one attached hydrogen (secondary N) is 1. The number of H-pyrrole nitrogens is 1. The molecular weight excluding hydrogens is 330 g/mol. The van der Waals surface area contributed by atoms with E-state index in [-0.39, 0.29) is 0 Å². The minimum Gasteiger partial charge on any atom is -0.497 e. The van der Waals surface area contributed by atoms with Gasteiger partial charge in [0.25, 0.3) is 0 Å².